The maximum Gasteiger partial charge on any atom is 0.522 e. The Kier molecular flexibility index (Phi) is 6.99. The minimum atomic E-state index is -4.49. The summed E-state index contributed by atoms with van der Waals surface area (Å²) in [6.07, 6.45) is -0.920. The van der Waals surface area contributed by atoms with Gasteiger partial charge in [0, 0.05) is 6.61 Å². The predicted molar refractivity (Wildman–Crippen MR) is 42.2 cm³/mol. The highest BCUT2D eigenvalue weighted by Gasteiger charge is 2.28. The highest BCUT2D eigenvalue weighted by Crippen LogP contribution is 2.16. The van der Waals surface area contributed by atoms with Crippen LogP contribution in [0.5, 0.6) is 0 Å². The van der Waals surface area contributed by atoms with E-state index in [2.05, 4.69) is 4.74 Å². The highest BCUT2D eigenvalue weighted by molar-refractivity contribution is 4.43. The first kappa shape index (κ1) is 12.7. The molecule has 13 heavy (non-hydrogen) atoms. The molecule has 0 bridgehead atoms. The van der Waals surface area contributed by atoms with Crippen molar-refractivity contribution in [1.82, 2.24) is 0 Å². The van der Waals surface area contributed by atoms with Crippen LogP contribution in [0.4, 0.5) is 13.2 Å². The lowest BCUT2D eigenvalue weighted by Gasteiger charge is -2.06. The molecule has 0 radical (unpaired) electrons. The van der Waals surface area contributed by atoms with Crippen molar-refractivity contribution in [3.05, 3.63) is 0 Å². The first-order valence-electron chi connectivity index (χ1n) is 4.38. The van der Waals surface area contributed by atoms with Gasteiger partial charge >= 0.3 is 6.36 Å². The Labute approximate surface area is 75.7 Å². The van der Waals surface area contributed by atoms with Crippen molar-refractivity contribution in [3.8, 4) is 0 Å². The fourth-order valence-electron chi connectivity index (χ4n) is 0.932. The number of ether oxygens (including phenoxy) is 1. The predicted octanol–water partition coefficient (Wildman–Crippen LogP) is 2.47. The number of aliphatic hydroxyl groups excluding tert-OH is 1. The number of alkyl halides is 3. The summed E-state index contributed by atoms with van der Waals surface area (Å²) in [5, 5.41) is 8.40. The Morgan fingerprint density at radius 1 is 0.923 bits per heavy atom. The zero-order valence-corrected chi connectivity index (χ0v) is 7.44. The summed E-state index contributed by atoms with van der Waals surface area (Å²) in [5.41, 5.74) is 0. The topological polar surface area (TPSA) is 29.5 Å². The number of aliphatic hydroxyl groups is 1. The summed E-state index contributed by atoms with van der Waals surface area (Å²) in [5.74, 6) is 0. The van der Waals surface area contributed by atoms with Gasteiger partial charge in [-0.25, -0.2) is 0 Å². The van der Waals surface area contributed by atoms with E-state index >= 15 is 0 Å². The van der Waals surface area contributed by atoms with Crippen LogP contribution < -0.4 is 0 Å². The lowest BCUT2D eigenvalue weighted by molar-refractivity contribution is -0.324. The van der Waals surface area contributed by atoms with Crippen molar-refractivity contribution in [2.24, 2.45) is 0 Å². The second kappa shape index (κ2) is 7.15. The minimum absolute atomic E-state index is 0.152. The molecule has 0 rings (SSSR count). The van der Waals surface area contributed by atoms with Gasteiger partial charge in [0.2, 0.25) is 0 Å². The number of unbranched alkanes of at least 4 members (excludes halogenated alkanes) is 4. The van der Waals surface area contributed by atoms with E-state index in [4.69, 9.17) is 5.11 Å². The molecule has 5 heteroatoms. The molecule has 0 unspecified atom stereocenters. The fourth-order valence-corrected chi connectivity index (χ4v) is 0.932. The Bertz CT molecular complexity index is 114. The SMILES string of the molecule is OCCCCCCCOC(F)(F)F. The zero-order valence-electron chi connectivity index (χ0n) is 7.44. The van der Waals surface area contributed by atoms with Gasteiger partial charge in [-0.3, -0.25) is 4.74 Å². The molecule has 0 aromatic rings. The van der Waals surface area contributed by atoms with Gasteiger partial charge in [-0.15, -0.1) is 13.2 Å². The average molecular weight is 200 g/mol. The van der Waals surface area contributed by atoms with Crippen LogP contribution in [0.15, 0.2) is 0 Å². The molecular weight excluding hydrogens is 185 g/mol. The lowest BCUT2D eigenvalue weighted by Crippen LogP contribution is -2.13. The lowest BCUT2D eigenvalue weighted by atomic mass is 10.1. The Hall–Kier alpha value is -0.290. The van der Waals surface area contributed by atoms with E-state index in [1.807, 2.05) is 0 Å². The Morgan fingerprint density at radius 3 is 2.00 bits per heavy atom. The molecule has 0 aliphatic carbocycles. The van der Waals surface area contributed by atoms with E-state index in [0.29, 0.717) is 6.42 Å². The van der Waals surface area contributed by atoms with Crippen molar-refractivity contribution in [3.63, 3.8) is 0 Å². The maximum absolute atomic E-state index is 11.4. The van der Waals surface area contributed by atoms with Gasteiger partial charge in [-0.2, -0.15) is 0 Å². The molecule has 0 aliphatic rings. The number of hydrogen-bond donors (Lipinski definition) is 1. The van der Waals surface area contributed by atoms with E-state index in [-0.39, 0.29) is 13.2 Å². The molecule has 0 spiro atoms. The van der Waals surface area contributed by atoms with Crippen molar-refractivity contribution in [1.29, 1.82) is 0 Å². The van der Waals surface area contributed by atoms with Gasteiger partial charge in [0.05, 0.1) is 6.61 Å². The van der Waals surface area contributed by atoms with Crippen molar-refractivity contribution >= 4 is 0 Å². The molecule has 0 fully saturated rings. The fraction of sp³-hybridized carbons (Fsp3) is 1.00. The van der Waals surface area contributed by atoms with Gasteiger partial charge in [-0.05, 0) is 12.8 Å². The molecule has 0 aliphatic heterocycles. The van der Waals surface area contributed by atoms with Crippen LogP contribution in [0, 0.1) is 0 Å². The summed E-state index contributed by atoms with van der Waals surface area (Å²) in [4.78, 5) is 0. The standard InChI is InChI=1S/C8H15F3O2/c9-8(10,11)13-7-5-3-1-2-4-6-12/h12H,1-7H2. The molecule has 0 aromatic heterocycles. The minimum Gasteiger partial charge on any atom is -0.396 e. The van der Waals surface area contributed by atoms with Gasteiger partial charge < -0.3 is 5.11 Å². The van der Waals surface area contributed by atoms with Gasteiger partial charge in [-0.1, -0.05) is 19.3 Å². The summed E-state index contributed by atoms with van der Waals surface area (Å²) >= 11 is 0. The van der Waals surface area contributed by atoms with E-state index in [0.717, 1.165) is 25.7 Å². The Balaban J connectivity index is 3.00. The molecule has 80 valence electrons. The normalized spacial score (nSPS) is 12.0. The molecule has 0 heterocycles. The molecule has 1 N–H and O–H groups in total. The summed E-state index contributed by atoms with van der Waals surface area (Å²) < 4.78 is 37.9. The van der Waals surface area contributed by atoms with E-state index < -0.39 is 6.36 Å². The molecule has 2 nitrogen and oxygen atoms in total. The second-order valence-electron chi connectivity index (χ2n) is 2.79. The number of hydrogen-bond acceptors (Lipinski definition) is 2. The van der Waals surface area contributed by atoms with Gasteiger partial charge in [0.1, 0.15) is 0 Å². The highest BCUT2D eigenvalue weighted by atomic mass is 19.4. The van der Waals surface area contributed by atoms with Crippen LogP contribution in [0.2, 0.25) is 0 Å². The number of halogens is 3. The zero-order chi connectivity index (χ0) is 10.2. The summed E-state index contributed by atoms with van der Waals surface area (Å²) in [6.45, 7) is -0.109. The van der Waals surface area contributed by atoms with Crippen LogP contribution in [0.3, 0.4) is 0 Å². The molecule has 0 saturated heterocycles. The third kappa shape index (κ3) is 11.7. The third-order valence-corrected chi connectivity index (χ3v) is 1.57. The van der Waals surface area contributed by atoms with Crippen molar-refractivity contribution in [2.45, 2.75) is 38.5 Å². The van der Waals surface area contributed by atoms with Crippen LogP contribution in [0.1, 0.15) is 32.1 Å². The monoisotopic (exact) mass is 200 g/mol. The molecule has 0 saturated carbocycles. The van der Waals surface area contributed by atoms with Crippen LogP contribution in [-0.2, 0) is 4.74 Å². The maximum atomic E-state index is 11.4. The second-order valence-corrected chi connectivity index (χ2v) is 2.79. The summed E-state index contributed by atoms with van der Waals surface area (Å²) in [7, 11) is 0. The number of rotatable bonds is 7. The molecule has 0 atom stereocenters. The summed E-state index contributed by atoms with van der Waals surface area (Å²) in [6, 6.07) is 0. The smallest absolute Gasteiger partial charge is 0.396 e. The first-order valence-corrected chi connectivity index (χ1v) is 4.38. The van der Waals surface area contributed by atoms with E-state index in [1.54, 1.807) is 0 Å². The molecule has 0 aromatic carbocycles. The van der Waals surface area contributed by atoms with Gasteiger partial charge in [0.25, 0.3) is 0 Å². The molecule has 0 amide bonds. The van der Waals surface area contributed by atoms with Crippen LogP contribution >= 0.6 is 0 Å². The first-order chi connectivity index (χ1) is 6.06. The van der Waals surface area contributed by atoms with Crippen molar-refractivity contribution < 1.29 is 23.0 Å². The molecular formula is C8H15F3O2. The van der Waals surface area contributed by atoms with Crippen molar-refractivity contribution in [2.75, 3.05) is 13.2 Å². The Morgan fingerprint density at radius 2 is 1.46 bits per heavy atom. The largest absolute Gasteiger partial charge is 0.522 e. The van der Waals surface area contributed by atoms with Gasteiger partial charge in [0.15, 0.2) is 0 Å². The van der Waals surface area contributed by atoms with Crippen LogP contribution in [0.25, 0.3) is 0 Å². The van der Waals surface area contributed by atoms with E-state index in [9.17, 15) is 13.2 Å². The van der Waals surface area contributed by atoms with Crippen LogP contribution in [-0.4, -0.2) is 24.7 Å². The van der Waals surface area contributed by atoms with E-state index in [1.165, 1.54) is 0 Å². The third-order valence-electron chi connectivity index (χ3n) is 1.57. The average Bonchev–Trinajstić information content (AvgIpc) is 2.01. The quantitative estimate of drug-likeness (QED) is 0.640.